The molecule has 1 aliphatic rings. The molecule has 0 radical (unpaired) electrons. The molecular weight excluding hydrogens is 611 g/mol. The number of methoxy groups -OCH3 is 2. The number of aromatic carboxylic acids is 2. The summed E-state index contributed by atoms with van der Waals surface area (Å²) in [6.45, 7) is 0. The number of carbonyl (C=O) groups is 2. The molecule has 0 amide bonds. The van der Waals surface area contributed by atoms with Gasteiger partial charge in [0.15, 0.2) is 0 Å². The number of rotatable bonds is 4. The molecule has 10 N–H and O–H groups in total. The first-order chi connectivity index (χ1) is 15.1. The van der Waals surface area contributed by atoms with Gasteiger partial charge in [0.25, 0.3) is 0 Å². The molecule has 33 heavy (non-hydrogen) atoms. The molecule has 0 aliphatic heterocycles. The van der Waals surface area contributed by atoms with Crippen molar-refractivity contribution >= 4 is 23.3 Å². The summed E-state index contributed by atoms with van der Waals surface area (Å²) < 4.78 is 9.72. The summed E-state index contributed by atoms with van der Waals surface area (Å²) in [5, 5.41) is 17.2. The van der Waals surface area contributed by atoms with Crippen LogP contribution in [-0.2, 0) is 21.1 Å². The van der Waals surface area contributed by atoms with E-state index in [9.17, 15) is 9.59 Å². The van der Waals surface area contributed by atoms with Crippen molar-refractivity contribution in [3.63, 3.8) is 0 Å². The Hall–Kier alpha value is -2.81. The Morgan fingerprint density at radius 3 is 1.33 bits per heavy atom. The second kappa shape index (κ2) is 15.1. The number of nitrogens with two attached hydrogens (primary N) is 4. The number of hydrogen-bond acceptors (Lipinski definition) is 8. The van der Waals surface area contributed by atoms with Crippen molar-refractivity contribution in [1.29, 1.82) is 0 Å². The van der Waals surface area contributed by atoms with Gasteiger partial charge in [0.2, 0.25) is 0 Å². The standard InChI is InChI=1S/2C8H9NO3.C6H14N2.Pt/c2*1-12-7-3-2-5(8(10)11)4-6(7)9;7-5-3-1-2-4-6(5)8;/h2*2-4H,9H2,1H3,(H,10,11);5-6H,1-4,7-8H2;. The minimum Gasteiger partial charge on any atom is -0.495 e. The number of carboxylic acid groups (broad SMARTS) is 2. The summed E-state index contributed by atoms with van der Waals surface area (Å²) in [5.74, 6) is -1.02. The van der Waals surface area contributed by atoms with Crippen molar-refractivity contribution in [2.45, 2.75) is 37.8 Å². The topological polar surface area (TPSA) is 197 Å². The molecule has 0 saturated heterocycles. The average molecular weight is 644 g/mol. The Labute approximate surface area is 207 Å². The van der Waals surface area contributed by atoms with Gasteiger partial charge in [-0.05, 0) is 49.2 Å². The summed E-state index contributed by atoms with van der Waals surface area (Å²) in [4.78, 5) is 20.9. The predicted octanol–water partition coefficient (Wildman–Crippen LogP) is 2.16. The molecule has 0 heterocycles. The maximum absolute atomic E-state index is 10.5. The molecule has 0 spiro atoms. The van der Waals surface area contributed by atoms with Crippen molar-refractivity contribution in [3.8, 4) is 11.5 Å². The van der Waals surface area contributed by atoms with Crippen molar-refractivity contribution in [3.05, 3.63) is 47.5 Å². The smallest absolute Gasteiger partial charge is 0.335 e. The summed E-state index contributed by atoms with van der Waals surface area (Å²) >= 11 is 0. The van der Waals surface area contributed by atoms with E-state index >= 15 is 0 Å². The van der Waals surface area contributed by atoms with Crippen LogP contribution in [0, 0.1) is 0 Å². The molecule has 0 bridgehead atoms. The molecule has 2 unspecified atom stereocenters. The average Bonchev–Trinajstić information content (AvgIpc) is 2.76. The molecule has 3 rings (SSSR count). The fourth-order valence-corrected chi connectivity index (χ4v) is 2.92. The fourth-order valence-electron chi connectivity index (χ4n) is 2.92. The molecule has 1 saturated carbocycles. The first kappa shape index (κ1) is 30.2. The SMILES string of the molecule is COc1ccc(C(=O)O)cc1N.COc1ccc(C(=O)O)cc1N.NC1CCCCC1N.[Pt]. The van der Waals surface area contributed by atoms with Gasteiger partial charge in [-0.3, -0.25) is 0 Å². The van der Waals surface area contributed by atoms with E-state index < -0.39 is 11.9 Å². The normalized spacial score (nSPS) is 16.5. The summed E-state index contributed by atoms with van der Waals surface area (Å²) in [6, 6.07) is 9.22. The van der Waals surface area contributed by atoms with Gasteiger partial charge in [-0.25, -0.2) is 9.59 Å². The third-order valence-electron chi connectivity index (χ3n) is 4.83. The van der Waals surface area contributed by atoms with Crippen molar-refractivity contribution in [1.82, 2.24) is 0 Å². The van der Waals surface area contributed by atoms with Crippen LogP contribution in [0.25, 0.3) is 0 Å². The van der Waals surface area contributed by atoms with Crippen LogP contribution in [-0.4, -0.2) is 48.5 Å². The predicted molar refractivity (Wildman–Crippen MR) is 123 cm³/mol. The monoisotopic (exact) mass is 643 g/mol. The summed E-state index contributed by atoms with van der Waals surface area (Å²) in [6.07, 6.45) is 4.80. The van der Waals surface area contributed by atoms with Gasteiger partial charge >= 0.3 is 11.9 Å². The second-order valence-electron chi connectivity index (χ2n) is 7.14. The quantitative estimate of drug-likeness (QED) is 0.269. The van der Waals surface area contributed by atoms with Crippen LogP contribution in [0.5, 0.6) is 11.5 Å². The number of anilines is 2. The molecule has 10 nitrogen and oxygen atoms in total. The number of nitrogen functional groups attached to an aromatic ring is 2. The van der Waals surface area contributed by atoms with Crippen molar-refractivity contribution < 1.29 is 50.3 Å². The van der Waals surface area contributed by atoms with Gasteiger partial charge in [0.05, 0.1) is 36.7 Å². The van der Waals surface area contributed by atoms with E-state index in [0.717, 1.165) is 12.8 Å². The van der Waals surface area contributed by atoms with E-state index in [2.05, 4.69) is 0 Å². The maximum Gasteiger partial charge on any atom is 0.335 e. The van der Waals surface area contributed by atoms with Crippen LogP contribution in [0.4, 0.5) is 11.4 Å². The van der Waals surface area contributed by atoms with Gasteiger partial charge in [-0.1, -0.05) is 12.8 Å². The van der Waals surface area contributed by atoms with Gasteiger partial charge < -0.3 is 42.6 Å². The molecule has 2 atom stereocenters. The molecule has 2 aromatic rings. The van der Waals surface area contributed by atoms with Crippen LogP contribution in [0.1, 0.15) is 46.4 Å². The second-order valence-corrected chi connectivity index (χ2v) is 7.14. The fraction of sp³-hybridized carbons (Fsp3) is 0.364. The van der Waals surface area contributed by atoms with Crippen molar-refractivity contribution in [2.24, 2.45) is 11.5 Å². The molecule has 186 valence electrons. The van der Waals surface area contributed by atoms with Gasteiger partial charge in [-0.2, -0.15) is 0 Å². The Kier molecular flexibility index (Phi) is 13.8. The minimum atomic E-state index is -0.996. The van der Waals surface area contributed by atoms with E-state index in [0.29, 0.717) is 22.9 Å². The van der Waals surface area contributed by atoms with Crippen molar-refractivity contribution in [2.75, 3.05) is 25.7 Å². The van der Waals surface area contributed by atoms with Crippen LogP contribution >= 0.6 is 0 Å². The van der Waals surface area contributed by atoms with Gasteiger partial charge in [-0.15, -0.1) is 0 Å². The number of carboxylic acids is 2. The Morgan fingerprint density at radius 1 is 0.788 bits per heavy atom. The molecule has 0 aromatic heterocycles. The zero-order chi connectivity index (χ0) is 24.3. The summed E-state index contributed by atoms with van der Waals surface area (Å²) in [5.41, 5.74) is 23.3. The van der Waals surface area contributed by atoms with Crippen LogP contribution in [0.3, 0.4) is 0 Å². The number of ether oxygens (including phenoxy) is 2. The molecular formula is C22H32N4O6Pt. The van der Waals surface area contributed by atoms with Crippen LogP contribution < -0.4 is 32.4 Å². The van der Waals surface area contributed by atoms with E-state index in [4.69, 9.17) is 42.6 Å². The van der Waals surface area contributed by atoms with Gasteiger partial charge in [0.1, 0.15) is 11.5 Å². The minimum absolute atomic E-state index is 0. The molecule has 1 aliphatic carbocycles. The third-order valence-corrected chi connectivity index (χ3v) is 4.83. The van der Waals surface area contributed by atoms with E-state index in [1.165, 1.54) is 63.5 Å². The van der Waals surface area contributed by atoms with Gasteiger partial charge in [0, 0.05) is 33.1 Å². The largest absolute Gasteiger partial charge is 0.495 e. The zero-order valence-electron chi connectivity index (χ0n) is 18.6. The number of benzene rings is 2. The molecule has 1 fully saturated rings. The van der Waals surface area contributed by atoms with Crippen LogP contribution in [0.2, 0.25) is 0 Å². The van der Waals surface area contributed by atoms with E-state index in [1.807, 2.05) is 0 Å². The summed E-state index contributed by atoms with van der Waals surface area (Å²) in [7, 11) is 2.96. The third kappa shape index (κ3) is 10.1. The number of hydrogen-bond donors (Lipinski definition) is 6. The van der Waals surface area contributed by atoms with E-state index in [-0.39, 0.29) is 44.3 Å². The Balaban J connectivity index is 0.000000468. The maximum atomic E-state index is 10.5. The Morgan fingerprint density at radius 2 is 1.12 bits per heavy atom. The molecule has 11 heteroatoms. The first-order valence-corrected chi connectivity index (χ1v) is 9.95. The Bertz CT molecular complexity index is 839. The van der Waals surface area contributed by atoms with Crippen LogP contribution in [0.15, 0.2) is 36.4 Å². The van der Waals surface area contributed by atoms with E-state index in [1.54, 1.807) is 0 Å². The molecule has 2 aromatic carbocycles. The first-order valence-electron chi connectivity index (χ1n) is 9.95. The zero-order valence-corrected chi connectivity index (χ0v) is 20.9.